The molecule has 5 fully saturated rings. The molecule has 5 rings (SSSR count). The van der Waals surface area contributed by atoms with E-state index in [1.165, 1.54) is 0 Å². The van der Waals surface area contributed by atoms with Crippen molar-refractivity contribution >= 4 is 0 Å². The quantitative estimate of drug-likeness (QED) is 0.595. The Morgan fingerprint density at radius 1 is 0.929 bits per heavy atom. The molecule has 4 N–H and O–H groups in total. The minimum atomic E-state index is -0.693. The summed E-state index contributed by atoms with van der Waals surface area (Å²) in [7, 11) is 0. The van der Waals surface area contributed by atoms with Gasteiger partial charge in [0.05, 0.1) is 17.3 Å². The van der Waals surface area contributed by atoms with E-state index in [-0.39, 0.29) is 29.5 Å². The van der Waals surface area contributed by atoms with Gasteiger partial charge in [-0.25, -0.2) is 0 Å². The molecule has 0 radical (unpaired) electrons. The highest BCUT2D eigenvalue weighted by Crippen LogP contribution is 2.77. The molecule has 0 aromatic rings. The molecule has 5 aliphatic rings. The lowest BCUT2D eigenvalue weighted by molar-refractivity contribution is -0.233. The lowest BCUT2D eigenvalue weighted by Crippen LogP contribution is -2.65. The van der Waals surface area contributed by atoms with Crippen LogP contribution in [0.3, 0.4) is 0 Å². The van der Waals surface area contributed by atoms with Crippen LogP contribution in [0.4, 0.5) is 0 Å². The Labute approximate surface area is 169 Å². The summed E-state index contributed by atoms with van der Waals surface area (Å²) in [5, 5.41) is 43.4. The van der Waals surface area contributed by atoms with Crippen molar-refractivity contribution in [3.8, 4) is 0 Å². The van der Waals surface area contributed by atoms with Gasteiger partial charge in [-0.1, -0.05) is 20.8 Å². The topological polar surface area (TPSA) is 80.9 Å². The average molecular weight is 393 g/mol. The van der Waals surface area contributed by atoms with Crippen LogP contribution in [0, 0.1) is 46.3 Å². The second-order valence-electron chi connectivity index (χ2n) is 11.9. The van der Waals surface area contributed by atoms with Crippen LogP contribution >= 0.6 is 0 Å². The second-order valence-corrected chi connectivity index (χ2v) is 11.9. The van der Waals surface area contributed by atoms with Gasteiger partial charge >= 0.3 is 0 Å². The van der Waals surface area contributed by atoms with E-state index in [1.54, 1.807) is 0 Å². The van der Waals surface area contributed by atoms with Crippen molar-refractivity contribution < 1.29 is 20.4 Å². The number of hydrogen-bond donors (Lipinski definition) is 4. The molecule has 0 spiro atoms. The number of rotatable bonds is 3. The maximum Gasteiger partial charge on any atom is 0.0759 e. The Bertz CT molecular complexity index is 653. The van der Waals surface area contributed by atoms with Gasteiger partial charge in [-0.15, -0.1) is 0 Å². The number of fused-ring (bicyclic) bond motifs is 8. The summed E-state index contributed by atoms with van der Waals surface area (Å²) >= 11 is 0. The first-order valence-corrected chi connectivity index (χ1v) is 11.9. The normalized spacial score (nSPS) is 62.5. The van der Waals surface area contributed by atoms with E-state index in [0.717, 1.165) is 38.5 Å². The van der Waals surface area contributed by atoms with Gasteiger partial charge in [0.1, 0.15) is 0 Å². The largest absolute Gasteiger partial charge is 0.396 e. The van der Waals surface area contributed by atoms with Crippen LogP contribution in [0.15, 0.2) is 0 Å². The van der Waals surface area contributed by atoms with Crippen molar-refractivity contribution in [2.75, 3.05) is 6.61 Å². The highest BCUT2D eigenvalue weighted by Gasteiger charge is 2.76. The molecule has 4 nitrogen and oxygen atoms in total. The van der Waals surface area contributed by atoms with E-state index >= 15 is 0 Å². The third-order valence-electron chi connectivity index (χ3n) is 11.1. The van der Waals surface area contributed by atoms with Crippen LogP contribution < -0.4 is 0 Å². The van der Waals surface area contributed by atoms with Crippen LogP contribution in [0.2, 0.25) is 0 Å². The smallest absolute Gasteiger partial charge is 0.0759 e. The van der Waals surface area contributed by atoms with Crippen LogP contribution in [0.1, 0.15) is 78.6 Å². The molecular weight excluding hydrogens is 352 g/mol. The Hall–Kier alpha value is -0.160. The monoisotopic (exact) mass is 392 g/mol. The minimum absolute atomic E-state index is 0.0735. The number of aliphatic hydroxyl groups excluding tert-OH is 2. The van der Waals surface area contributed by atoms with Gasteiger partial charge in [0.25, 0.3) is 0 Å². The summed E-state index contributed by atoms with van der Waals surface area (Å²) in [5.41, 5.74) is -1.53. The molecule has 160 valence electrons. The molecule has 0 saturated heterocycles. The van der Waals surface area contributed by atoms with E-state index in [1.807, 2.05) is 0 Å². The molecule has 28 heavy (non-hydrogen) atoms. The molecule has 0 aromatic heterocycles. The van der Waals surface area contributed by atoms with Crippen molar-refractivity contribution in [3.63, 3.8) is 0 Å². The van der Waals surface area contributed by atoms with Gasteiger partial charge in [-0.2, -0.15) is 0 Å². The van der Waals surface area contributed by atoms with E-state index in [0.29, 0.717) is 48.9 Å². The van der Waals surface area contributed by atoms with E-state index in [2.05, 4.69) is 20.8 Å². The number of aliphatic hydroxyl groups is 4. The first-order chi connectivity index (χ1) is 13.1. The lowest BCUT2D eigenvalue weighted by Gasteiger charge is -2.64. The van der Waals surface area contributed by atoms with Gasteiger partial charge in [0.2, 0.25) is 0 Å². The summed E-state index contributed by atoms with van der Waals surface area (Å²) in [5.74, 6) is 2.83. The molecule has 5 aliphatic carbocycles. The summed E-state index contributed by atoms with van der Waals surface area (Å²) in [4.78, 5) is 0. The van der Waals surface area contributed by atoms with Crippen molar-refractivity contribution in [1.29, 1.82) is 0 Å². The highest BCUT2D eigenvalue weighted by molar-refractivity contribution is 5.25. The molecule has 0 bridgehead atoms. The third kappa shape index (κ3) is 2.16. The summed E-state index contributed by atoms with van der Waals surface area (Å²) in [6.07, 6.45) is 7.65. The third-order valence-corrected chi connectivity index (χ3v) is 11.1. The van der Waals surface area contributed by atoms with Gasteiger partial charge in [-0.3, -0.25) is 0 Å². The Balaban J connectivity index is 1.51. The maximum atomic E-state index is 11.8. The van der Waals surface area contributed by atoms with E-state index in [4.69, 9.17) is 0 Å². The van der Waals surface area contributed by atoms with Crippen LogP contribution in [-0.2, 0) is 0 Å². The standard InChI is InChI=1S/C24H40O4/c1-14-11-19-20-16-12-18(16)24(28)13-15(26)5-8-21(24,2)17(20)6-9-22(19,3)23(14,27)7-4-10-25/h14-20,25-28H,4-13H2,1-3H3. The number of hydrogen-bond acceptors (Lipinski definition) is 4. The molecule has 0 amide bonds. The van der Waals surface area contributed by atoms with Gasteiger partial charge < -0.3 is 20.4 Å². The molecule has 5 saturated carbocycles. The highest BCUT2D eigenvalue weighted by atomic mass is 16.3. The fraction of sp³-hybridized carbons (Fsp3) is 1.00. The van der Waals surface area contributed by atoms with Crippen LogP contribution in [0.25, 0.3) is 0 Å². The van der Waals surface area contributed by atoms with E-state index < -0.39 is 11.2 Å². The summed E-state index contributed by atoms with van der Waals surface area (Å²) in [6.45, 7) is 7.03. The first-order valence-electron chi connectivity index (χ1n) is 11.9. The van der Waals surface area contributed by atoms with E-state index in [9.17, 15) is 20.4 Å². The van der Waals surface area contributed by atoms with Crippen LogP contribution in [0.5, 0.6) is 0 Å². The minimum Gasteiger partial charge on any atom is -0.396 e. The Morgan fingerprint density at radius 3 is 2.36 bits per heavy atom. The van der Waals surface area contributed by atoms with Crippen molar-refractivity contribution in [1.82, 2.24) is 0 Å². The molecule has 4 heteroatoms. The molecule has 11 atom stereocenters. The fourth-order valence-corrected chi connectivity index (χ4v) is 9.50. The molecule has 0 heterocycles. The zero-order valence-corrected chi connectivity index (χ0v) is 17.9. The van der Waals surface area contributed by atoms with Gasteiger partial charge in [0, 0.05) is 13.0 Å². The van der Waals surface area contributed by atoms with Crippen molar-refractivity contribution in [3.05, 3.63) is 0 Å². The Morgan fingerprint density at radius 2 is 1.64 bits per heavy atom. The molecule has 0 aromatic carbocycles. The zero-order valence-electron chi connectivity index (χ0n) is 17.9. The van der Waals surface area contributed by atoms with Crippen LogP contribution in [-0.4, -0.2) is 44.3 Å². The predicted octanol–water partition coefficient (Wildman–Crippen LogP) is 3.11. The van der Waals surface area contributed by atoms with Crippen molar-refractivity contribution in [2.24, 2.45) is 46.3 Å². The summed E-state index contributed by atoms with van der Waals surface area (Å²) in [6, 6.07) is 0. The Kier molecular flexibility index (Phi) is 4.21. The zero-order chi connectivity index (χ0) is 20.1. The van der Waals surface area contributed by atoms with Gasteiger partial charge in [0.15, 0.2) is 0 Å². The van der Waals surface area contributed by atoms with Crippen molar-refractivity contribution in [2.45, 2.75) is 95.9 Å². The predicted molar refractivity (Wildman–Crippen MR) is 107 cm³/mol. The molecular formula is C24H40O4. The fourth-order valence-electron chi connectivity index (χ4n) is 9.50. The lowest BCUT2D eigenvalue weighted by atomic mass is 9.43. The van der Waals surface area contributed by atoms with Gasteiger partial charge in [-0.05, 0) is 97.7 Å². The average Bonchev–Trinajstić information content (AvgIpc) is 3.41. The maximum absolute atomic E-state index is 11.8. The molecule has 0 aliphatic heterocycles. The summed E-state index contributed by atoms with van der Waals surface area (Å²) < 4.78 is 0. The SMILES string of the molecule is CC1CC2C3C4CC4C4(O)CC(O)CCC4(C)C3CCC2(C)C1(O)CCCO. The first kappa shape index (κ1) is 19.8. The molecule has 11 unspecified atom stereocenters. The second kappa shape index (κ2) is 5.96.